The molecule has 0 unspecified atom stereocenters. The van der Waals surface area contributed by atoms with E-state index in [9.17, 15) is 13.6 Å². The molecule has 0 aromatic carbocycles. The molecule has 0 saturated carbocycles. The Labute approximate surface area is 69.9 Å². The second kappa shape index (κ2) is 4.85. The number of rotatable bonds is 5. The van der Waals surface area contributed by atoms with E-state index in [2.05, 4.69) is 0 Å². The number of allylic oxidation sites excluding steroid dienone is 1. The summed E-state index contributed by atoms with van der Waals surface area (Å²) in [6, 6.07) is 0. The molecule has 70 valence electrons. The predicted molar refractivity (Wildman–Crippen MR) is 41.2 cm³/mol. The van der Waals surface area contributed by atoms with Crippen molar-refractivity contribution in [3.05, 3.63) is 12.2 Å². The maximum absolute atomic E-state index is 12.6. The van der Waals surface area contributed by atoms with Crippen molar-refractivity contribution in [3.63, 3.8) is 0 Å². The smallest absolute Gasteiger partial charge is 0.328 e. The number of hydrogen-bond donors (Lipinski definition) is 1. The van der Waals surface area contributed by atoms with Gasteiger partial charge in [0.15, 0.2) is 0 Å². The van der Waals surface area contributed by atoms with Crippen LogP contribution in [0, 0.1) is 0 Å². The van der Waals surface area contributed by atoms with E-state index in [1.165, 1.54) is 0 Å². The SMILES string of the molecule is CCCCC(F)(F)C=CC(=O)O. The van der Waals surface area contributed by atoms with Crippen LogP contribution in [-0.4, -0.2) is 17.0 Å². The Kier molecular flexibility index (Phi) is 4.47. The molecule has 0 aliphatic carbocycles. The Morgan fingerprint density at radius 3 is 2.58 bits per heavy atom. The Morgan fingerprint density at radius 2 is 2.17 bits per heavy atom. The molecule has 0 aliphatic rings. The van der Waals surface area contributed by atoms with Gasteiger partial charge < -0.3 is 5.11 Å². The number of halogens is 2. The largest absolute Gasteiger partial charge is 0.478 e. The molecule has 0 aromatic heterocycles. The Bertz CT molecular complexity index is 176. The van der Waals surface area contributed by atoms with E-state index < -0.39 is 11.9 Å². The average molecular weight is 178 g/mol. The van der Waals surface area contributed by atoms with Gasteiger partial charge in [-0.3, -0.25) is 0 Å². The summed E-state index contributed by atoms with van der Waals surface area (Å²) in [6.45, 7) is 1.80. The van der Waals surface area contributed by atoms with Crippen LogP contribution in [0.1, 0.15) is 26.2 Å². The minimum absolute atomic E-state index is 0.284. The maximum atomic E-state index is 12.6. The van der Waals surface area contributed by atoms with Crippen LogP contribution in [0.25, 0.3) is 0 Å². The van der Waals surface area contributed by atoms with Gasteiger partial charge in [-0.1, -0.05) is 13.3 Å². The standard InChI is InChI=1S/C8H12F2O2/c1-2-3-5-8(9,10)6-4-7(11)12/h4,6H,2-3,5H2,1H3,(H,11,12). The molecule has 0 saturated heterocycles. The third kappa shape index (κ3) is 5.82. The lowest BCUT2D eigenvalue weighted by Crippen LogP contribution is -2.12. The summed E-state index contributed by atoms with van der Waals surface area (Å²) in [7, 11) is 0. The number of aliphatic carboxylic acids is 1. The first-order valence-corrected chi connectivity index (χ1v) is 3.78. The fourth-order valence-electron chi connectivity index (χ4n) is 0.689. The third-order valence-electron chi connectivity index (χ3n) is 1.33. The van der Waals surface area contributed by atoms with Crippen LogP contribution in [0.15, 0.2) is 12.2 Å². The van der Waals surface area contributed by atoms with Gasteiger partial charge in [0.25, 0.3) is 5.92 Å². The highest BCUT2D eigenvalue weighted by Gasteiger charge is 2.23. The van der Waals surface area contributed by atoms with Gasteiger partial charge >= 0.3 is 5.97 Å². The first kappa shape index (κ1) is 11.1. The third-order valence-corrected chi connectivity index (χ3v) is 1.33. The average Bonchev–Trinajstić information content (AvgIpc) is 1.98. The number of carbonyl (C=O) groups is 1. The summed E-state index contributed by atoms with van der Waals surface area (Å²) in [4.78, 5) is 9.90. The van der Waals surface area contributed by atoms with E-state index in [4.69, 9.17) is 5.11 Å². The van der Waals surface area contributed by atoms with E-state index in [0.717, 1.165) is 0 Å². The molecule has 0 aromatic rings. The highest BCUT2D eigenvalue weighted by atomic mass is 19.3. The van der Waals surface area contributed by atoms with E-state index in [1.54, 1.807) is 6.92 Å². The molecule has 0 aliphatic heterocycles. The van der Waals surface area contributed by atoms with Gasteiger partial charge in [-0.25, -0.2) is 13.6 Å². The molecule has 0 spiro atoms. The highest BCUT2D eigenvalue weighted by molar-refractivity contribution is 5.79. The van der Waals surface area contributed by atoms with Crippen LogP contribution in [0.3, 0.4) is 0 Å². The summed E-state index contributed by atoms with van der Waals surface area (Å²) in [5, 5.41) is 8.08. The summed E-state index contributed by atoms with van der Waals surface area (Å²) < 4.78 is 25.2. The number of carboxylic acids is 1. The molecule has 0 heterocycles. The molecule has 0 atom stereocenters. The van der Waals surface area contributed by atoms with Crippen molar-refractivity contribution < 1.29 is 18.7 Å². The van der Waals surface area contributed by atoms with E-state index >= 15 is 0 Å². The van der Waals surface area contributed by atoms with Gasteiger partial charge in [-0.15, -0.1) is 0 Å². The van der Waals surface area contributed by atoms with Crippen LogP contribution in [-0.2, 0) is 4.79 Å². The lowest BCUT2D eigenvalue weighted by molar-refractivity contribution is -0.131. The molecule has 0 bridgehead atoms. The summed E-state index contributed by atoms with van der Waals surface area (Å²) in [6.07, 6.45) is 1.71. The van der Waals surface area contributed by atoms with Crippen molar-refractivity contribution in [2.45, 2.75) is 32.1 Å². The summed E-state index contributed by atoms with van der Waals surface area (Å²) in [5.41, 5.74) is 0. The monoisotopic (exact) mass is 178 g/mol. The van der Waals surface area contributed by atoms with Gasteiger partial charge in [0.1, 0.15) is 0 Å². The molecule has 12 heavy (non-hydrogen) atoms. The van der Waals surface area contributed by atoms with Crippen molar-refractivity contribution in [1.82, 2.24) is 0 Å². The van der Waals surface area contributed by atoms with Gasteiger partial charge in [-0.05, 0) is 12.5 Å². The predicted octanol–water partition coefficient (Wildman–Crippen LogP) is 2.45. The Morgan fingerprint density at radius 1 is 1.58 bits per heavy atom. The molecule has 2 nitrogen and oxygen atoms in total. The van der Waals surface area contributed by atoms with Crippen LogP contribution in [0.2, 0.25) is 0 Å². The quantitative estimate of drug-likeness (QED) is 0.656. The van der Waals surface area contributed by atoms with Gasteiger partial charge in [0.2, 0.25) is 0 Å². The molecule has 0 fully saturated rings. The number of carboxylic acid groups (broad SMARTS) is 1. The minimum atomic E-state index is -2.98. The lowest BCUT2D eigenvalue weighted by atomic mass is 10.1. The number of hydrogen-bond acceptors (Lipinski definition) is 1. The fraction of sp³-hybridized carbons (Fsp3) is 0.625. The van der Waals surface area contributed by atoms with E-state index in [0.29, 0.717) is 25.0 Å². The molecule has 0 radical (unpaired) electrons. The van der Waals surface area contributed by atoms with Crippen molar-refractivity contribution in [2.75, 3.05) is 0 Å². The van der Waals surface area contributed by atoms with Crippen molar-refractivity contribution in [3.8, 4) is 0 Å². The summed E-state index contributed by atoms with van der Waals surface area (Å²) in [5.74, 6) is -4.32. The zero-order valence-corrected chi connectivity index (χ0v) is 6.89. The fourth-order valence-corrected chi connectivity index (χ4v) is 0.689. The van der Waals surface area contributed by atoms with Gasteiger partial charge in [-0.2, -0.15) is 0 Å². The first-order valence-electron chi connectivity index (χ1n) is 3.78. The second-order valence-corrected chi connectivity index (χ2v) is 2.54. The van der Waals surface area contributed by atoms with Crippen LogP contribution >= 0.6 is 0 Å². The van der Waals surface area contributed by atoms with Gasteiger partial charge in [0.05, 0.1) is 0 Å². The summed E-state index contributed by atoms with van der Waals surface area (Å²) >= 11 is 0. The zero-order chi connectivity index (χ0) is 9.61. The van der Waals surface area contributed by atoms with Crippen molar-refractivity contribution in [1.29, 1.82) is 0 Å². The van der Waals surface area contributed by atoms with Crippen LogP contribution < -0.4 is 0 Å². The minimum Gasteiger partial charge on any atom is -0.478 e. The van der Waals surface area contributed by atoms with Crippen molar-refractivity contribution in [2.24, 2.45) is 0 Å². The molecule has 0 amide bonds. The number of unbranched alkanes of at least 4 members (excludes halogenated alkanes) is 1. The van der Waals surface area contributed by atoms with Crippen molar-refractivity contribution >= 4 is 5.97 Å². The van der Waals surface area contributed by atoms with Gasteiger partial charge in [0, 0.05) is 12.5 Å². The normalized spacial score (nSPS) is 12.2. The zero-order valence-electron chi connectivity index (χ0n) is 6.89. The Hall–Kier alpha value is -0.930. The molecule has 1 N–H and O–H groups in total. The lowest BCUT2D eigenvalue weighted by Gasteiger charge is -2.09. The molecular weight excluding hydrogens is 166 g/mol. The second-order valence-electron chi connectivity index (χ2n) is 2.54. The molecular formula is C8H12F2O2. The van der Waals surface area contributed by atoms with E-state index in [-0.39, 0.29) is 6.42 Å². The first-order chi connectivity index (χ1) is 5.48. The van der Waals surface area contributed by atoms with Crippen LogP contribution in [0.4, 0.5) is 8.78 Å². The topological polar surface area (TPSA) is 37.3 Å². The van der Waals surface area contributed by atoms with Crippen LogP contribution in [0.5, 0.6) is 0 Å². The Balaban J connectivity index is 3.93. The highest BCUT2D eigenvalue weighted by Crippen LogP contribution is 2.22. The molecule has 0 rings (SSSR count). The maximum Gasteiger partial charge on any atom is 0.328 e. The van der Waals surface area contributed by atoms with E-state index in [1.807, 2.05) is 0 Å². The number of alkyl halides is 2. The molecule has 4 heteroatoms.